The maximum absolute atomic E-state index is 14.4. The van der Waals surface area contributed by atoms with E-state index in [2.05, 4.69) is 32.9 Å². The second kappa shape index (κ2) is 13.5. The van der Waals surface area contributed by atoms with Crippen molar-refractivity contribution in [2.24, 2.45) is 34.5 Å². The Kier molecular flexibility index (Phi) is 10.6. The molecule has 3 N–H and O–H groups in total. The summed E-state index contributed by atoms with van der Waals surface area (Å²) in [6, 6.07) is 0. The molecule has 0 saturated heterocycles. The summed E-state index contributed by atoms with van der Waals surface area (Å²) in [5.74, 6) is -0.888. The van der Waals surface area contributed by atoms with Crippen molar-refractivity contribution in [2.75, 3.05) is 6.61 Å². The third-order valence-corrected chi connectivity index (χ3v) is 11.3. The van der Waals surface area contributed by atoms with Crippen molar-refractivity contribution in [3.8, 4) is 0 Å². The van der Waals surface area contributed by atoms with Crippen LogP contribution < -0.4 is 0 Å². The van der Waals surface area contributed by atoms with Crippen molar-refractivity contribution in [3.63, 3.8) is 0 Å². The van der Waals surface area contributed by atoms with Crippen LogP contribution in [0.15, 0.2) is 35.5 Å². The van der Waals surface area contributed by atoms with Gasteiger partial charge in [-0.2, -0.15) is 0 Å². The van der Waals surface area contributed by atoms with E-state index in [0.717, 1.165) is 38.5 Å². The van der Waals surface area contributed by atoms with E-state index in [0.29, 0.717) is 17.9 Å². The molecule has 4 rings (SSSR count). The zero-order valence-corrected chi connectivity index (χ0v) is 26.7. The molecule has 6 nitrogen and oxygen atoms in total. The van der Waals surface area contributed by atoms with Crippen molar-refractivity contribution < 1.29 is 29.6 Å². The van der Waals surface area contributed by atoms with E-state index in [4.69, 9.17) is 4.74 Å². The fraction of sp³-hybridized carbons (Fsp3) is 0.778. The number of ether oxygens (including phenoxy) is 1. The number of allylic oxidation sites excluding steroid dienone is 3. The molecule has 42 heavy (non-hydrogen) atoms. The molecule has 8 atom stereocenters. The molecule has 0 radical (unpaired) electrons. The number of unbranched alkanes of at least 4 members (excludes halogenated alkanes) is 9. The lowest BCUT2D eigenvalue weighted by Gasteiger charge is -2.48. The molecule has 0 aromatic rings. The topological polar surface area (TPSA) is 104 Å². The summed E-state index contributed by atoms with van der Waals surface area (Å²) in [4.78, 5) is 27.4. The molecule has 0 heterocycles. The number of fused-ring (bicyclic) bond motifs is 3. The van der Waals surface area contributed by atoms with Gasteiger partial charge >= 0.3 is 5.97 Å². The van der Waals surface area contributed by atoms with E-state index in [1.807, 2.05) is 6.92 Å². The zero-order valence-electron chi connectivity index (χ0n) is 26.7. The highest BCUT2D eigenvalue weighted by atomic mass is 16.6. The molecular formula is C36H56O6. The van der Waals surface area contributed by atoms with Crippen LogP contribution in [-0.4, -0.2) is 51.5 Å². The Bertz CT molecular complexity index is 1070. The normalized spacial score (nSPS) is 36.5. The average Bonchev–Trinajstić information content (AvgIpc) is 3.44. The van der Waals surface area contributed by atoms with Gasteiger partial charge in [-0.05, 0) is 79.8 Å². The molecule has 236 valence electrons. The van der Waals surface area contributed by atoms with E-state index in [1.165, 1.54) is 32.1 Å². The van der Waals surface area contributed by atoms with Gasteiger partial charge in [-0.1, -0.05) is 90.5 Å². The van der Waals surface area contributed by atoms with Gasteiger partial charge in [-0.3, -0.25) is 9.59 Å². The predicted molar refractivity (Wildman–Crippen MR) is 165 cm³/mol. The summed E-state index contributed by atoms with van der Waals surface area (Å²) in [6.45, 7) is 9.87. The van der Waals surface area contributed by atoms with Crippen LogP contribution in [0.5, 0.6) is 0 Å². The van der Waals surface area contributed by atoms with Gasteiger partial charge in [0, 0.05) is 12.3 Å². The fourth-order valence-electron chi connectivity index (χ4n) is 8.77. The lowest BCUT2D eigenvalue weighted by Crippen LogP contribution is -2.65. The van der Waals surface area contributed by atoms with Gasteiger partial charge < -0.3 is 20.1 Å². The van der Waals surface area contributed by atoms with Crippen LogP contribution in [0, 0.1) is 34.5 Å². The minimum absolute atomic E-state index is 0.0194. The third-order valence-electron chi connectivity index (χ3n) is 11.3. The molecule has 0 aromatic carbocycles. The highest BCUT2D eigenvalue weighted by Gasteiger charge is 2.76. The second-order valence-electron chi connectivity index (χ2n) is 14.4. The molecule has 4 aliphatic carbocycles. The van der Waals surface area contributed by atoms with Gasteiger partial charge in [0.05, 0.1) is 12.0 Å². The summed E-state index contributed by atoms with van der Waals surface area (Å²) in [7, 11) is 0. The number of aliphatic hydroxyl groups is 3. The highest BCUT2D eigenvalue weighted by molar-refractivity contribution is 5.95. The van der Waals surface area contributed by atoms with Crippen LogP contribution in [0.2, 0.25) is 0 Å². The Morgan fingerprint density at radius 3 is 2.31 bits per heavy atom. The number of hydrogen-bond acceptors (Lipinski definition) is 6. The first-order chi connectivity index (χ1) is 20.0. The number of carbonyl (C=O) groups is 2. The molecule has 1 spiro atoms. The zero-order chi connectivity index (χ0) is 30.7. The first kappa shape index (κ1) is 33.1. The van der Waals surface area contributed by atoms with Crippen molar-refractivity contribution >= 4 is 11.8 Å². The van der Waals surface area contributed by atoms with Crippen molar-refractivity contribution in [1.82, 2.24) is 0 Å². The lowest BCUT2D eigenvalue weighted by atomic mass is 9.59. The molecule has 2 saturated carbocycles. The number of Topliss-reactive ketones (excluding diaryl/α,β-unsaturated/α-hetero) is 1. The SMILES string of the molecule is CCCCCC/C=C\CCCCCCCC(=O)O[C@H]1C(C)=C[C@]23C(=O)C(C=C(CO)[C@@H](O)[C@]12O)[C@H]1[C@@H](C[C@H]3C)C1(C)C. The molecular weight excluding hydrogens is 528 g/mol. The minimum atomic E-state index is -2.06. The first-order valence-corrected chi connectivity index (χ1v) is 16.8. The largest absolute Gasteiger partial charge is 0.455 e. The third kappa shape index (κ3) is 5.85. The van der Waals surface area contributed by atoms with Crippen LogP contribution in [0.4, 0.5) is 0 Å². The van der Waals surface area contributed by atoms with Gasteiger partial charge in [-0.25, -0.2) is 0 Å². The Morgan fingerprint density at radius 2 is 1.67 bits per heavy atom. The van der Waals surface area contributed by atoms with Crippen LogP contribution in [-0.2, 0) is 14.3 Å². The number of aliphatic hydroxyl groups excluding tert-OH is 2. The highest BCUT2D eigenvalue weighted by Crippen LogP contribution is 2.71. The second-order valence-corrected chi connectivity index (χ2v) is 14.4. The molecule has 2 bridgehead atoms. The van der Waals surface area contributed by atoms with Gasteiger partial charge in [0.2, 0.25) is 0 Å². The van der Waals surface area contributed by atoms with Crippen molar-refractivity contribution in [2.45, 2.75) is 136 Å². The van der Waals surface area contributed by atoms with Crippen molar-refractivity contribution in [3.05, 3.63) is 35.5 Å². The van der Waals surface area contributed by atoms with E-state index < -0.39 is 41.7 Å². The molecule has 4 aliphatic rings. The predicted octanol–water partition coefficient (Wildman–Crippen LogP) is 6.62. The first-order valence-electron chi connectivity index (χ1n) is 16.8. The Balaban J connectivity index is 1.34. The smallest absolute Gasteiger partial charge is 0.306 e. The monoisotopic (exact) mass is 584 g/mol. The molecule has 0 aliphatic heterocycles. The van der Waals surface area contributed by atoms with Crippen LogP contribution in [0.1, 0.15) is 118 Å². The summed E-state index contributed by atoms with van der Waals surface area (Å²) < 4.78 is 5.94. The van der Waals surface area contributed by atoms with E-state index in [1.54, 1.807) is 19.1 Å². The van der Waals surface area contributed by atoms with Gasteiger partial charge in [0.15, 0.2) is 17.5 Å². The quantitative estimate of drug-likeness (QED) is 0.113. The summed E-state index contributed by atoms with van der Waals surface area (Å²) in [5, 5.41) is 34.3. The average molecular weight is 585 g/mol. The van der Waals surface area contributed by atoms with Gasteiger partial charge in [0.25, 0.3) is 0 Å². The maximum Gasteiger partial charge on any atom is 0.306 e. The minimum Gasteiger partial charge on any atom is -0.455 e. The van der Waals surface area contributed by atoms with Crippen LogP contribution in [0.3, 0.4) is 0 Å². The summed E-state index contributed by atoms with van der Waals surface area (Å²) in [6.07, 6.45) is 18.9. The van der Waals surface area contributed by atoms with E-state index >= 15 is 0 Å². The molecule has 0 amide bonds. The summed E-state index contributed by atoms with van der Waals surface area (Å²) in [5.41, 5.74) is -2.63. The lowest BCUT2D eigenvalue weighted by molar-refractivity contribution is -0.203. The van der Waals surface area contributed by atoms with E-state index in [9.17, 15) is 24.9 Å². The maximum atomic E-state index is 14.4. The molecule has 2 fully saturated rings. The number of carbonyl (C=O) groups excluding carboxylic acids is 2. The van der Waals surface area contributed by atoms with Crippen LogP contribution in [0.25, 0.3) is 0 Å². The number of ketones is 1. The number of rotatable bonds is 15. The number of esters is 1. The molecule has 6 heteroatoms. The standard InChI is InChI=1S/C36H56O6/c1-6-7-8-9-10-11-12-13-14-15-16-17-18-19-29(38)42-33-24(2)22-35-25(3)20-28-30(34(28,4)5)27(32(35)40)21-26(23-37)31(39)36(33,35)41/h11-12,21-22,25,27-28,30-31,33,37,39,41H,6-10,13-20,23H2,1-5H3/b12-11-/t25-,27?,28-,30+,31-,33+,35+,36+/m1/s1. The van der Waals surface area contributed by atoms with Crippen molar-refractivity contribution in [1.29, 1.82) is 0 Å². The molecule has 1 unspecified atom stereocenters. The Labute approximate surface area is 253 Å². The Hall–Kier alpha value is -1.76. The van der Waals surface area contributed by atoms with Gasteiger partial charge in [0.1, 0.15) is 6.10 Å². The van der Waals surface area contributed by atoms with Gasteiger partial charge in [-0.15, -0.1) is 0 Å². The number of hydrogen-bond donors (Lipinski definition) is 3. The Morgan fingerprint density at radius 1 is 1.05 bits per heavy atom. The molecule has 0 aromatic heterocycles. The van der Waals surface area contributed by atoms with Crippen LogP contribution >= 0.6 is 0 Å². The van der Waals surface area contributed by atoms with E-state index in [-0.39, 0.29) is 35.0 Å². The fourth-order valence-corrected chi connectivity index (χ4v) is 8.77. The summed E-state index contributed by atoms with van der Waals surface area (Å²) >= 11 is 0.